The molecule has 2 aliphatic rings. The van der Waals surface area contributed by atoms with Crippen molar-refractivity contribution in [3.05, 3.63) is 41.0 Å². The number of sulfonamides is 1. The van der Waals surface area contributed by atoms with E-state index in [0.717, 1.165) is 17.1 Å². The largest absolute Gasteiger partial charge is 0.495 e. The molecule has 8 nitrogen and oxygen atoms in total. The molecule has 1 aliphatic heterocycles. The van der Waals surface area contributed by atoms with Gasteiger partial charge in [0.15, 0.2) is 0 Å². The third kappa shape index (κ3) is 3.14. The number of aromatic nitrogens is 1. The van der Waals surface area contributed by atoms with E-state index >= 15 is 0 Å². The highest BCUT2D eigenvalue weighted by atomic mass is 35.5. The monoisotopic (exact) mass is 423 g/mol. The maximum Gasteiger partial charge on any atom is 0.267 e. The lowest BCUT2D eigenvalue weighted by atomic mass is 10.2. The zero-order valence-corrected chi connectivity index (χ0v) is 16.8. The van der Waals surface area contributed by atoms with Gasteiger partial charge in [-0.05, 0) is 37.1 Å². The molecular formula is C18H18ClN3O5S. The minimum Gasteiger partial charge on any atom is -0.495 e. The highest BCUT2D eigenvalue weighted by molar-refractivity contribution is 7.93. The molecule has 1 aromatic heterocycles. The maximum atomic E-state index is 13.1. The summed E-state index contributed by atoms with van der Waals surface area (Å²) in [6.45, 7) is 0.353. The van der Waals surface area contributed by atoms with Gasteiger partial charge >= 0.3 is 0 Å². The second kappa shape index (κ2) is 6.52. The van der Waals surface area contributed by atoms with E-state index in [1.165, 1.54) is 38.6 Å². The van der Waals surface area contributed by atoms with Crippen molar-refractivity contribution in [2.75, 3.05) is 25.1 Å². The summed E-state index contributed by atoms with van der Waals surface area (Å²) in [6.07, 6.45) is 3.05. The van der Waals surface area contributed by atoms with Gasteiger partial charge in [0.1, 0.15) is 22.8 Å². The number of carbonyl (C=O) groups excluding carboxylic acids is 1. The van der Waals surface area contributed by atoms with Gasteiger partial charge in [-0.3, -0.25) is 9.10 Å². The third-order valence-electron chi connectivity index (χ3n) is 4.93. The number of hydrogen-bond donors (Lipinski definition) is 1. The lowest BCUT2D eigenvalue weighted by molar-refractivity contribution is 0.0932. The molecule has 0 atom stereocenters. The highest BCUT2D eigenvalue weighted by Gasteiger charge is 2.47. The number of fused-ring (bicyclic) bond motifs is 1. The number of carbonyl (C=O) groups is 1. The molecule has 148 valence electrons. The molecule has 1 aliphatic carbocycles. The van der Waals surface area contributed by atoms with Gasteiger partial charge in [-0.15, -0.1) is 0 Å². The Morgan fingerprint density at radius 1 is 1.32 bits per heavy atom. The lowest BCUT2D eigenvalue weighted by Gasteiger charge is -2.21. The quantitative estimate of drug-likeness (QED) is 0.809. The molecule has 2 aromatic rings. The van der Waals surface area contributed by atoms with E-state index in [9.17, 15) is 13.2 Å². The molecule has 1 N–H and O–H groups in total. The van der Waals surface area contributed by atoms with Crippen LogP contribution < -0.4 is 19.1 Å². The normalized spacial score (nSPS) is 17.2. The minimum absolute atomic E-state index is 0.0856. The zero-order valence-electron chi connectivity index (χ0n) is 15.2. The van der Waals surface area contributed by atoms with Crippen LogP contribution in [-0.2, 0) is 10.0 Å². The molecule has 4 rings (SSSR count). The second-order valence-electron chi connectivity index (χ2n) is 6.84. The average molecular weight is 424 g/mol. The van der Waals surface area contributed by atoms with Gasteiger partial charge in [0.05, 0.1) is 24.5 Å². The van der Waals surface area contributed by atoms with Crippen LogP contribution in [0.3, 0.4) is 0 Å². The number of amides is 1. The summed E-state index contributed by atoms with van der Waals surface area (Å²) in [6, 6.07) is 5.79. The second-order valence-corrected chi connectivity index (χ2v) is 9.21. The molecular weight excluding hydrogens is 406 g/mol. The highest BCUT2D eigenvalue weighted by Crippen LogP contribution is 2.39. The van der Waals surface area contributed by atoms with E-state index < -0.39 is 10.0 Å². The molecule has 0 unspecified atom stereocenters. The van der Waals surface area contributed by atoms with Crippen LogP contribution >= 0.6 is 11.6 Å². The Morgan fingerprint density at radius 2 is 2.07 bits per heavy atom. The summed E-state index contributed by atoms with van der Waals surface area (Å²) in [4.78, 5) is 16.6. The van der Waals surface area contributed by atoms with E-state index in [1.807, 2.05) is 0 Å². The molecule has 28 heavy (non-hydrogen) atoms. The van der Waals surface area contributed by atoms with Crippen LogP contribution in [0.25, 0.3) is 0 Å². The number of benzene rings is 1. The van der Waals surface area contributed by atoms with Crippen LogP contribution in [0.1, 0.15) is 23.2 Å². The first-order valence-corrected chi connectivity index (χ1v) is 10.4. The number of methoxy groups -OCH3 is 1. The van der Waals surface area contributed by atoms with Crippen LogP contribution in [0.15, 0.2) is 35.4 Å². The Kier molecular flexibility index (Phi) is 4.39. The molecule has 0 bridgehead atoms. The van der Waals surface area contributed by atoms with Crippen molar-refractivity contribution in [1.82, 2.24) is 10.3 Å². The number of hydrogen-bond acceptors (Lipinski definition) is 6. The lowest BCUT2D eigenvalue weighted by Crippen LogP contribution is -2.38. The SMILES string of the molecule is COc1ccc(Cl)cc1S(=O)(=O)N(C)c1cnc2c(c1)C(=O)NC1(CC1)CO2. The first-order chi connectivity index (χ1) is 13.3. The number of ether oxygens (including phenoxy) is 2. The van der Waals surface area contributed by atoms with Crippen molar-refractivity contribution >= 4 is 33.2 Å². The predicted octanol–water partition coefficient (Wildman–Crippen LogP) is 2.22. The molecule has 2 heterocycles. The summed E-state index contributed by atoms with van der Waals surface area (Å²) in [5.74, 6) is 0.0253. The van der Waals surface area contributed by atoms with E-state index in [1.54, 1.807) is 6.07 Å². The fourth-order valence-corrected chi connectivity index (χ4v) is 4.59. The molecule has 1 aromatic carbocycles. The van der Waals surface area contributed by atoms with Crippen LogP contribution in [0.4, 0.5) is 5.69 Å². The Morgan fingerprint density at radius 3 is 2.75 bits per heavy atom. The summed E-state index contributed by atoms with van der Waals surface area (Å²) >= 11 is 5.97. The first-order valence-electron chi connectivity index (χ1n) is 8.54. The van der Waals surface area contributed by atoms with Gasteiger partial charge in [0.25, 0.3) is 15.9 Å². The van der Waals surface area contributed by atoms with Crippen molar-refractivity contribution < 1.29 is 22.7 Å². The molecule has 0 saturated heterocycles. The van der Waals surface area contributed by atoms with Gasteiger partial charge in [0, 0.05) is 12.1 Å². The standard InChI is InChI=1S/C18H18ClN3O5S/c1-22(28(24,25)15-7-11(19)3-4-14(15)26-2)12-8-13-16(23)21-18(5-6-18)10-27-17(13)20-9-12/h3-4,7-9H,5-6,10H2,1-2H3,(H,21,23). The van der Waals surface area contributed by atoms with Crippen molar-refractivity contribution in [1.29, 1.82) is 0 Å². The molecule has 0 radical (unpaired) electrons. The maximum absolute atomic E-state index is 13.1. The Hall–Kier alpha value is -2.52. The summed E-state index contributed by atoms with van der Waals surface area (Å²) in [5, 5.41) is 3.20. The van der Waals surface area contributed by atoms with Gasteiger partial charge in [-0.2, -0.15) is 0 Å². The molecule has 1 fully saturated rings. The average Bonchev–Trinajstić information content (AvgIpc) is 3.46. The summed E-state index contributed by atoms with van der Waals surface area (Å²) in [5.41, 5.74) is 0.0806. The van der Waals surface area contributed by atoms with Crippen molar-refractivity contribution in [3.63, 3.8) is 0 Å². The number of nitrogens with one attached hydrogen (secondary N) is 1. The van der Waals surface area contributed by atoms with Crippen molar-refractivity contribution in [2.45, 2.75) is 23.3 Å². The summed E-state index contributed by atoms with van der Waals surface area (Å²) in [7, 11) is -1.26. The van der Waals surface area contributed by atoms with Gasteiger partial charge in [0.2, 0.25) is 5.88 Å². The Balaban J connectivity index is 1.72. The number of rotatable bonds is 4. The molecule has 1 amide bonds. The smallest absolute Gasteiger partial charge is 0.267 e. The van der Waals surface area contributed by atoms with Crippen LogP contribution in [0.5, 0.6) is 11.6 Å². The van der Waals surface area contributed by atoms with Crippen LogP contribution in [-0.4, -0.2) is 45.6 Å². The fraction of sp³-hybridized carbons (Fsp3) is 0.333. The topological polar surface area (TPSA) is 97.8 Å². The van der Waals surface area contributed by atoms with Crippen molar-refractivity contribution in [3.8, 4) is 11.6 Å². The molecule has 1 saturated carbocycles. The Labute approximate surface area is 167 Å². The van der Waals surface area contributed by atoms with E-state index in [0.29, 0.717) is 6.61 Å². The predicted molar refractivity (Wildman–Crippen MR) is 103 cm³/mol. The first kappa shape index (κ1) is 18.8. The zero-order chi connectivity index (χ0) is 20.1. The van der Waals surface area contributed by atoms with E-state index in [-0.39, 0.29) is 44.2 Å². The van der Waals surface area contributed by atoms with E-state index in [4.69, 9.17) is 21.1 Å². The fourth-order valence-electron chi connectivity index (χ4n) is 3.00. The summed E-state index contributed by atoms with van der Waals surface area (Å²) < 4.78 is 38.1. The Bertz CT molecular complexity index is 1070. The number of halogens is 1. The van der Waals surface area contributed by atoms with Crippen molar-refractivity contribution in [2.24, 2.45) is 0 Å². The van der Waals surface area contributed by atoms with E-state index in [2.05, 4.69) is 10.3 Å². The number of anilines is 1. The van der Waals surface area contributed by atoms with Gasteiger partial charge < -0.3 is 14.8 Å². The molecule has 10 heteroatoms. The van der Waals surface area contributed by atoms with Crippen LogP contribution in [0, 0.1) is 0 Å². The number of pyridine rings is 1. The van der Waals surface area contributed by atoms with Gasteiger partial charge in [-0.25, -0.2) is 13.4 Å². The number of nitrogens with zero attached hydrogens (tertiary/aromatic N) is 2. The molecule has 1 spiro atoms. The van der Waals surface area contributed by atoms with Crippen LogP contribution in [0.2, 0.25) is 5.02 Å². The van der Waals surface area contributed by atoms with Gasteiger partial charge in [-0.1, -0.05) is 11.6 Å². The minimum atomic E-state index is -4.01. The third-order valence-corrected chi connectivity index (χ3v) is 6.97.